The Morgan fingerprint density at radius 1 is 1.36 bits per heavy atom. The van der Waals surface area contributed by atoms with Crippen molar-refractivity contribution in [1.29, 1.82) is 0 Å². The van der Waals surface area contributed by atoms with Gasteiger partial charge in [-0.05, 0) is 12.8 Å². The Hall–Kier alpha value is -1.91. The Bertz CT molecular complexity index is 782. The molecule has 1 fully saturated rings. The summed E-state index contributed by atoms with van der Waals surface area (Å²) >= 11 is 0. The average molecular weight is 333 g/mol. The van der Waals surface area contributed by atoms with Crippen molar-refractivity contribution in [2.45, 2.75) is 36.7 Å². The molecule has 1 aliphatic carbocycles. The van der Waals surface area contributed by atoms with Gasteiger partial charge in [0.2, 0.25) is 5.89 Å². The molecule has 0 spiro atoms. The molecule has 22 heavy (non-hydrogen) atoms. The van der Waals surface area contributed by atoms with Gasteiger partial charge in [0, 0.05) is 13.0 Å². The van der Waals surface area contributed by atoms with Gasteiger partial charge in [-0.15, -0.1) is 5.10 Å². The minimum atomic E-state index is -3.77. The van der Waals surface area contributed by atoms with E-state index in [-0.39, 0.29) is 17.5 Å². The molecule has 0 radical (unpaired) electrons. The summed E-state index contributed by atoms with van der Waals surface area (Å²) in [4.78, 5) is 4.02. The smallest absolute Gasteiger partial charge is 0.281 e. The lowest BCUT2D eigenvalue weighted by Crippen LogP contribution is -2.11. The molecule has 120 valence electrons. The van der Waals surface area contributed by atoms with Gasteiger partial charge in [0.15, 0.2) is 15.7 Å². The second-order valence-corrected chi connectivity index (χ2v) is 7.26. The number of rotatable bonds is 6. The highest BCUT2D eigenvalue weighted by Gasteiger charge is 2.30. The van der Waals surface area contributed by atoms with E-state index in [4.69, 9.17) is 4.52 Å². The first kappa shape index (κ1) is 15.0. The van der Waals surface area contributed by atoms with Gasteiger partial charge in [-0.2, -0.15) is 4.98 Å². The monoisotopic (exact) mass is 333 g/mol. The normalized spacial score (nSPS) is 15.6. The molecule has 0 N–H and O–H groups in total. The van der Waals surface area contributed by atoms with E-state index in [0.29, 0.717) is 5.82 Å². The van der Waals surface area contributed by atoms with E-state index < -0.39 is 33.5 Å². The maximum Gasteiger partial charge on any atom is 0.281 e. The molecular formula is C11H13F2N5O3S. The van der Waals surface area contributed by atoms with Crippen molar-refractivity contribution < 1.29 is 21.7 Å². The minimum Gasteiger partial charge on any atom is -0.338 e. The number of aromatic nitrogens is 5. The van der Waals surface area contributed by atoms with Crippen LogP contribution in [0.25, 0.3) is 0 Å². The molecule has 0 unspecified atom stereocenters. The van der Waals surface area contributed by atoms with E-state index >= 15 is 0 Å². The molecule has 2 aromatic heterocycles. The Morgan fingerprint density at radius 2 is 2.09 bits per heavy atom. The molecule has 2 heterocycles. The summed E-state index contributed by atoms with van der Waals surface area (Å²) < 4.78 is 55.7. The maximum absolute atomic E-state index is 12.9. The number of hydrogen-bond donors (Lipinski definition) is 0. The van der Waals surface area contributed by atoms with Gasteiger partial charge in [-0.25, -0.2) is 21.9 Å². The molecule has 0 bridgehead atoms. The molecule has 0 saturated heterocycles. The van der Waals surface area contributed by atoms with Gasteiger partial charge in [0.05, 0.1) is 5.75 Å². The summed E-state index contributed by atoms with van der Waals surface area (Å²) in [7, 11) is -2.49. The predicted octanol–water partition coefficient (Wildman–Crippen LogP) is 1.13. The first-order valence-electron chi connectivity index (χ1n) is 6.55. The van der Waals surface area contributed by atoms with Crippen molar-refractivity contribution in [3.63, 3.8) is 0 Å². The molecule has 0 aliphatic heterocycles. The second kappa shape index (κ2) is 5.38. The zero-order valence-corrected chi connectivity index (χ0v) is 12.4. The van der Waals surface area contributed by atoms with Crippen LogP contribution in [-0.4, -0.2) is 33.6 Å². The van der Waals surface area contributed by atoms with Crippen LogP contribution < -0.4 is 0 Å². The maximum atomic E-state index is 12.9. The van der Waals surface area contributed by atoms with Crippen LogP contribution in [-0.2, 0) is 28.4 Å². The molecule has 0 aromatic carbocycles. The van der Waals surface area contributed by atoms with Crippen LogP contribution >= 0.6 is 0 Å². The number of halogens is 2. The summed E-state index contributed by atoms with van der Waals surface area (Å²) in [5, 5.41) is 10.6. The molecule has 2 aromatic rings. The molecule has 0 atom stereocenters. The van der Waals surface area contributed by atoms with E-state index in [9.17, 15) is 17.2 Å². The second-order valence-electron chi connectivity index (χ2n) is 5.20. The molecule has 0 amide bonds. The SMILES string of the molecule is Cn1nnc(CS(=O)(=O)Cc2nc(C3CC3)no2)c1C(F)F. The molecule has 11 heteroatoms. The highest BCUT2D eigenvalue weighted by molar-refractivity contribution is 7.89. The lowest BCUT2D eigenvalue weighted by Gasteiger charge is -2.03. The van der Waals surface area contributed by atoms with Crippen LogP contribution in [0.4, 0.5) is 8.78 Å². The van der Waals surface area contributed by atoms with E-state index in [2.05, 4.69) is 20.5 Å². The molecule has 3 rings (SSSR count). The van der Waals surface area contributed by atoms with Gasteiger partial charge in [-0.1, -0.05) is 10.4 Å². The largest absolute Gasteiger partial charge is 0.338 e. The number of hydrogen-bond acceptors (Lipinski definition) is 7. The van der Waals surface area contributed by atoms with Crippen LogP contribution in [0.15, 0.2) is 4.52 Å². The minimum absolute atomic E-state index is 0.0376. The van der Waals surface area contributed by atoms with E-state index in [1.165, 1.54) is 7.05 Å². The van der Waals surface area contributed by atoms with E-state index in [0.717, 1.165) is 17.5 Å². The summed E-state index contributed by atoms with van der Waals surface area (Å²) in [6.07, 6.45) is -0.929. The highest BCUT2D eigenvalue weighted by atomic mass is 32.2. The molecular weight excluding hydrogens is 320 g/mol. The van der Waals surface area contributed by atoms with Gasteiger partial charge < -0.3 is 4.52 Å². The molecule has 8 nitrogen and oxygen atoms in total. The van der Waals surface area contributed by atoms with Crippen LogP contribution in [0.5, 0.6) is 0 Å². The Balaban J connectivity index is 1.75. The molecule has 1 saturated carbocycles. The van der Waals surface area contributed by atoms with Crippen molar-refractivity contribution in [3.8, 4) is 0 Å². The van der Waals surface area contributed by atoms with E-state index in [1.54, 1.807) is 0 Å². The van der Waals surface area contributed by atoms with Gasteiger partial charge in [0.1, 0.15) is 17.1 Å². The first-order chi connectivity index (χ1) is 10.4. The van der Waals surface area contributed by atoms with Gasteiger partial charge in [0.25, 0.3) is 6.43 Å². The Kier molecular flexibility index (Phi) is 3.67. The highest BCUT2D eigenvalue weighted by Crippen LogP contribution is 2.38. The average Bonchev–Trinajstić information content (AvgIpc) is 3.06. The van der Waals surface area contributed by atoms with Crippen LogP contribution in [0.2, 0.25) is 0 Å². The Morgan fingerprint density at radius 3 is 2.73 bits per heavy atom. The third-order valence-electron chi connectivity index (χ3n) is 3.28. The molecule has 1 aliphatic rings. The summed E-state index contributed by atoms with van der Waals surface area (Å²) in [5.74, 6) is -0.457. The van der Waals surface area contributed by atoms with Crippen molar-refractivity contribution in [2.75, 3.05) is 0 Å². The van der Waals surface area contributed by atoms with Crippen molar-refractivity contribution >= 4 is 9.84 Å². The fraction of sp³-hybridized carbons (Fsp3) is 0.636. The fourth-order valence-electron chi connectivity index (χ4n) is 2.06. The quantitative estimate of drug-likeness (QED) is 0.780. The van der Waals surface area contributed by atoms with Crippen LogP contribution in [0.3, 0.4) is 0 Å². The number of nitrogens with zero attached hydrogens (tertiary/aromatic N) is 5. The zero-order chi connectivity index (χ0) is 15.9. The lowest BCUT2D eigenvalue weighted by atomic mass is 10.3. The van der Waals surface area contributed by atoms with Gasteiger partial charge >= 0.3 is 0 Å². The topological polar surface area (TPSA) is 104 Å². The third-order valence-corrected chi connectivity index (χ3v) is 4.68. The number of aryl methyl sites for hydroxylation is 1. The van der Waals surface area contributed by atoms with Crippen molar-refractivity contribution in [3.05, 3.63) is 23.1 Å². The Labute approximate surface area is 124 Å². The first-order valence-corrected chi connectivity index (χ1v) is 8.37. The summed E-state index contributed by atoms with van der Waals surface area (Å²) in [6.45, 7) is 0. The van der Waals surface area contributed by atoms with Crippen LogP contribution in [0, 0.1) is 0 Å². The zero-order valence-electron chi connectivity index (χ0n) is 11.6. The third kappa shape index (κ3) is 3.13. The van der Waals surface area contributed by atoms with E-state index in [1.807, 2.05) is 0 Å². The fourth-order valence-corrected chi connectivity index (χ4v) is 3.28. The standard InChI is InChI=1S/C11H13F2N5O3S/c1-18-9(10(12)13)7(15-17-18)4-22(19,20)5-8-14-11(16-21-8)6-2-3-6/h6,10H,2-5H2,1H3. The lowest BCUT2D eigenvalue weighted by molar-refractivity contribution is 0.140. The van der Waals surface area contributed by atoms with Gasteiger partial charge in [-0.3, -0.25) is 0 Å². The summed E-state index contributed by atoms with van der Waals surface area (Å²) in [6, 6.07) is 0. The van der Waals surface area contributed by atoms with Crippen molar-refractivity contribution in [1.82, 2.24) is 25.1 Å². The number of sulfone groups is 1. The summed E-state index contributed by atoms with van der Waals surface area (Å²) in [5.41, 5.74) is -0.771. The number of alkyl halides is 2. The van der Waals surface area contributed by atoms with Crippen molar-refractivity contribution in [2.24, 2.45) is 7.05 Å². The predicted molar refractivity (Wildman–Crippen MR) is 68.6 cm³/mol. The van der Waals surface area contributed by atoms with Crippen LogP contribution in [0.1, 0.15) is 48.3 Å².